The average molecular weight is 426 g/mol. The monoisotopic (exact) mass is 425 g/mol. The molecule has 1 amide bonds. The van der Waals surface area contributed by atoms with Gasteiger partial charge in [-0.25, -0.2) is 9.67 Å². The number of morpholine rings is 1. The molecule has 7 nitrogen and oxygen atoms in total. The van der Waals surface area contributed by atoms with Crippen LogP contribution >= 0.6 is 11.3 Å². The predicted molar refractivity (Wildman–Crippen MR) is 118 cm³/mol. The molecule has 1 N–H and O–H groups in total. The highest BCUT2D eigenvalue weighted by Crippen LogP contribution is 2.24. The molecule has 3 heterocycles. The van der Waals surface area contributed by atoms with E-state index in [0.717, 1.165) is 42.3 Å². The van der Waals surface area contributed by atoms with Gasteiger partial charge < -0.3 is 10.1 Å². The summed E-state index contributed by atoms with van der Waals surface area (Å²) in [6.45, 7) is 7.70. The van der Waals surface area contributed by atoms with Gasteiger partial charge in [-0.1, -0.05) is 18.2 Å². The normalized spacial score (nSPS) is 19.7. The van der Waals surface area contributed by atoms with Crippen molar-refractivity contribution in [3.05, 3.63) is 53.8 Å². The van der Waals surface area contributed by atoms with Crippen LogP contribution in [-0.2, 0) is 4.74 Å². The van der Waals surface area contributed by atoms with Gasteiger partial charge in [-0.05, 0) is 32.4 Å². The maximum atomic E-state index is 12.4. The van der Waals surface area contributed by atoms with Crippen molar-refractivity contribution < 1.29 is 9.53 Å². The van der Waals surface area contributed by atoms with E-state index in [1.54, 1.807) is 11.6 Å². The molecule has 1 aliphatic rings. The Morgan fingerprint density at radius 1 is 1.23 bits per heavy atom. The molecule has 1 aliphatic heterocycles. The fourth-order valence-electron chi connectivity index (χ4n) is 3.73. The fraction of sp³-hybridized carbons (Fsp3) is 0.409. The van der Waals surface area contributed by atoms with Gasteiger partial charge in [-0.3, -0.25) is 9.69 Å². The van der Waals surface area contributed by atoms with E-state index >= 15 is 0 Å². The average Bonchev–Trinajstić information content (AvgIpc) is 3.41. The lowest BCUT2D eigenvalue weighted by Crippen LogP contribution is -2.46. The zero-order valence-electron chi connectivity index (χ0n) is 17.3. The third-order valence-corrected chi connectivity index (χ3v) is 5.91. The first-order valence-corrected chi connectivity index (χ1v) is 11.2. The van der Waals surface area contributed by atoms with Crippen LogP contribution < -0.4 is 5.32 Å². The summed E-state index contributed by atoms with van der Waals surface area (Å²) in [4.78, 5) is 19.4. The van der Waals surface area contributed by atoms with Crippen LogP contribution in [0.25, 0.3) is 16.3 Å². The first kappa shape index (κ1) is 20.7. The van der Waals surface area contributed by atoms with Crippen molar-refractivity contribution in [2.45, 2.75) is 32.5 Å². The van der Waals surface area contributed by atoms with E-state index in [2.05, 4.69) is 34.1 Å². The molecule has 1 saturated heterocycles. The lowest BCUT2D eigenvalue weighted by Gasteiger charge is -2.35. The lowest BCUT2D eigenvalue weighted by atomic mass is 10.2. The summed E-state index contributed by atoms with van der Waals surface area (Å²) in [5.41, 5.74) is 2.34. The molecule has 4 rings (SSSR count). The quantitative estimate of drug-likeness (QED) is 0.589. The third kappa shape index (κ3) is 5.13. The molecule has 2 aromatic heterocycles. The van der Waals surface area contributed by atoms with E-state index in [1.807, 2.05) is 41.2 Å². The fourth-order valence-corrected chi connectivity index (χ4v) is 4.50. The molecule has 8 heteroatoms. The summed E-state index contributed by atoms with van der Waals surface area (Å²) in [6.07, 6.45) is 5.15. The Hall–Kier alpha value is -2.55. The van der Waals surface area contributed by atoms with Crippen LogP contribution in [0.5, 0.6) is 0 Å². The minimum atomic E-state index is -0.128. The smallest absolute Gasteiger partial charge is 0.270 e. The first-order valence-electron chi connectivity index (χ1n) is 10.3. The molecular formula is C22H27N5O2S. The van der Waals surface area contributed by atoms with Crippen molar-refractivity contribution in [2.75, 3.05) is 26.2 Å². The molecule has 0 aliphatic carbocycles. The topological polar surface area (TPSA) is 72.3 Å². The summed E-state index contributed by atoms with van der Waals surface area (Å²) in [5, 5.41) is 9.98. The van der Waals surface area contributed by atoms with Crippen molar-refractivity contribution >= 4 is 17.2 Å². The van der Waals surface area contributed by atoms with Gasteiger partial charge in [0.25, 0.3) is 5.91 Å². The maximum absolute atomic E-state index is 12.4. The number of hydrogen-bond donors (Lipinski definition) is 1. The van der Waals surface area contributed by atoms with Crippen molar-refractivity contribution in [1.82, 2.24) is 25.0 Å². The van der Waals surface area contributed by atoms with Gasteiger partial charge in [0, 0.05) is 43.3 Å². The van der Waals surface area contributed by atoms with Gasteiger partial charge in [0.05, 0.1) is 24.1 Å². The van der Waals surface area contributed by atoms with Crippen LogP contribution in [-0.4, -0.2) is 64.0 Å². The highest BCUT2D eigenvalue weighted by atomic mass is 32.1. The molecule has 1 aromatic carbocycles. The number of para-hydroxylation sites is 1. The highest BCUT2D eigenvalue weighted by Gasteiger charge is 2.21. The SMILES string of the molecule is C[C@@H]1CN(CCCNC(=O)c2csc(-c3cnn(-c4ccccc4)c3)n2)C[C@H](C)O1. The van der Waals surface area contributed by atoms with E-state index in [9.17, 15) is 4.79 Å². The number of nitrogens with one attached hydrogen (secondary N) is 1. The molecule has 2 atom stereocenters. The van der Waals surface area contributed by atoms with E-state index < -0.39 is 0 Å². The molecule has 0 bridgehead atoms. The number of carbonyl (C=O) groups excluding carboxylic acids is 1. The van der Waals surface area contributed by atoms with Crippen LogP contribution in [0.1, 0.15) is 30.8 Å². The summed E-state index contributed by atoms with van der Waals surface area (Å²) >= 11 is 1.45. The second kappa shape index (κ2) is 9.51. The van der Waals surface area contributed by atoms with E-state index in [1.165, 1.54) is 11.3 Å². The van der Waals surface area contributed by atoms with Crippen LogP contribution in [0, 0.1) is 0 Å². The summed E-state index contributed by atoms with van der Waals surface area (Å²) in [5.74, 6) is -0.128. The van der Waals surface area contributed by atoms with Crippen LogP contribution in [0.4, 0.5) is 0 Å². The standard InChI is InChI=1S/C22H27N5O2S/c1-16-12-26(13-17(2)29-16)10-6-9-23-21(28)20-15-30-22(25-20)18-11-24-27(14-18)19-7-4-3-5-8-19/h3-5,7-8,11,14-17H,6,9-10,12-13H2,1-2H3,(H,23,28)/t16-,17+. The number of amides is 1. The molecule has 3 aromatic rings. The number of hydrogen-bond acceptors (Lipinski definition) is 6. The van der Waals surface area contributed by atoms with Gasteiger partial charge in [0.1, 0.15) is 10.7 Å². The molecule has 1 fully saturated rings. The summed E-state index contributed by atoms with van der Waals surface area (Å²) in [6, 6.07) is 9.92. The Labute approximate surface area is 180 Å². The Morgan fingerprint density at radius 3 is 2.77 bits per heavy atom. The summed E-state index contributed by atoms with van der Waals surface area (Å²) in [7, 11) is 0. The van der Waals surface area contributed by atoms with Crippen LogP contribution in [0.15, 0.2) is 48.1 Å². The minimum absolute atomic E-state index is 0.128. The van der Waals surface area contributed by atoms with Crippen LogP contribution in [0.3, 0.4) is 0 Å². The Balaban J connectivity index is 1.28. The van der Waals surface area contributed by atoms with Crippen molar-refractivity contribution in [2.24, 2.45) is 0 Å². The van der Waals surface area contributed by atoms with E-state index in [4.69, 9.17) is 4.74 Å². The second-order valence-electron chi connectivity index (χ2n) is 7.67. The molecule has 0 spiro atoms. The zero-order chi connectivity index (χ0) is 20.9. The lowest BCUT2D eigenvalue weighted by molar-refractivity contribution is -0.0679. The predicted octanol–water partition coefficient (Wildman–Crippen LogP) is 3.22. The number of ether oxygens (including phenoxy) is 1. The van der Waals surface area contributed by atoms with Crippen LogP contribution in [0.2, 0.25) is 0 Å². The minimum Gasteiger partial charge on any atom is -0.373 e. The van der Waals surface area contributed by atoms with Crippen molar-refractivity contribution in [3.8, 4) is 16.3 Å². The largest absolute Gasteiger partial charge is 0.373 e. The number of thiazole rings is 1. The maximum Gasteiger partial charge on any atom is 0.270 e. The number of rotatable bonds is 7. The van der Waals surface area contributed by atoms with Gasteiger partial charge in [-0.2, -0.15) is 5.10 Å². The molecule has 158 valence electrons. The van der Waals surface area contributed by atoms with Gasteiger partial charge >= 0.3 is 0 Å². The highest BCUT2D eigenvalue weighted by molar-refractivity contribution is 7.13. The summed E-state index contributed by atoms with van der Waals surface area (Å²) < 4.78 is 7.57. The zero-order valence-corrected chi connectivity index (χ0v) is 18.1. The number of aromatic nitrogens is 3. The van der Waals surface area contributed by atoms with E-state index in [0.29, 0.717) is 12.2 Å². The Morgan fingerprint density at radius 2 is 2.00 bits per heavy atom. The molecule has 0 unspecified atom stereocenters. The van der Waals surface area contributed by atoms with Crippen molar-refractivity contribution in [3.63, 3.8) is 0 Å². The molecular weight excluding hydrogens is 398 g/mol. The number of benzene rings is 1. The van der Waals surface area contributed by atoms with Gasteiger partial charge in [0.15, 0.2) is 0 Å². The molecule has 0 saturated carbocycles. The number of nitrogens with zero attached hydrogens (tertiary/aromatic N) is 4. The van der Waals surface area contributed by atoms with E-state index in [-0.39, 0.29) is 18.1 Å². The molecule has 30 heavy (non-hydrogen) atoms. The van der Waals surface area contributed by atoms with Gasteiger partial charge in [-0.15, -0.1) is 11.3 Å². The third-order valence-electron chi connectivity index (χ3n) is 5.02. The Bertz CT molecular complexity index is 961. The first-order chi connectivity index (χ1) is 14.6. The van der Waals surface area contributed by atoms with Crippen molar-refractivity contribution in [1.29, 1.82) is 0 Å². The second-order valence-corrected chi connectivity index (χ2v) is 8.53. The number of carbonyl (C=O) groups is 1. The van der Waals surface area contributed by atoms with Gasteiger partial charge in [0.2, 0.25) is 0 Å². The molecule has 0 radical (unpaired) electrons. The Kier molecular flexibility index (Phi) is 6.56.